The lowest BCUT2D eigenvalue weighted by Crippen LogP contribution is -2.35. The summed E-state index contributed by atoms with van der Waals surface area (Å²) in [6.07, 6.45) is 3.77. The number of hydrogen-bond acceptors (Lipinski definition) is 2. The zero-order valence-electron chi connectivity index (χ0n) is 12.0. The van der Waals surface area contributed by atoms with Gasteiger partial charge in [-0.15, -0.1) is 0 Å². The van der Waals surface area contributed by atoms with Crippen LogP contribution in [0.4, 0.5) is 4.39 Å². The Morgan fingerprint density at radius 2 is 2.16 bits per heavy atom. The molecule has 3 heteroatoms. The molecule has 1 fully saturated rings. The first-order valence-electron chi connectivity index (χ1n) is 7.32. The highest BCUT2D eigenvalue weighted by Crippen LogP contribution is 2.27. The fourth-order valence-corrected chi connectivity index (χ4v) is 3.08. The fraction of sp³-hybridized carbons (Fsp3) is 0.625. The third-order valence-corrected chi connectivity index (χ3v) is 4.31. The van der Waals surface area contributed by atoms with Gasteiger partial charge in [-0.1, -0.05) is 13.0 Å². The summed E-state index contributed by atoms with van der Waals surface area (Å²) in [6, 6.07) is 5.28. The highest BCUT2D eigenvalue weighted by Gasteiger charge is 2.23. The van der Waals surface area contributed by atoms with Crippen molar-refractivity contribution in [1.82, 2.24) is 4.90 Å². The molecule has 0 aromatic heterocycles. The zero-order valence-corrected chi connectivity index (χ0v) is 12.0. The molecule has 0 bridgehead atoms. The van der Waals surface area contributed by atoms with Crippen molar-refractivity contribution in [2.45, 2.75) is 39.2 Å². The van der Waals surface area contributed by atoms with E-state index in [4.69, 9.17) is 5.73 Å². The molecule has 19 heavy (non-hydrogen) atoms. The molecule has 2 atom stereocenters. The van der Waals surface area contributed by atoms with Crippen LogP contribution in [0.3, 0.4) is 0 Å². The quantitative estimate of drug-likeness (QED) is 0.908. The minimum atomic E-state index is -0.165. The van der Waals surface area contributed by atoms with Gasteiger partial charge >= 0.3 is 0 Å². The number of likely N-dealkylation sites (tertiary alicyclic amines) is 1. The van der Waals surface area contributed by atoms with Gasteiger partial charge in [0, 0.05) is 12.6 Å². The van der Waals surface area contributed by atoms with Crippen LogP contribution in [0.15, 0.2) is 18.2 Å². The number of benzene rings is 1. The molecule has 1 aliphatic heterocycles. The molecular formula is C16H25FN2. The van der Waals surface area contributed by atoms with E-state index >= 15 is 0 Å². The summed E-state index contributed by atoms with van der Waals surface area (Å²) < 4.78 is 13.2. The third-order valence-electron chi connectivity index (χ3n) is 4.31. The molecule has 2 unspecified atom stereocenters. The molecular weight excluding hydrogens is 239 g/mol. The second kappa shape index (κ2) is 6.49. The van der Waals surface area contributed by atoms with E-state index in [1.165, 1.54) is 24.8 Å². The smallest absolute Gasteiger partial charge is 0.123 e. The van der Waals surface area contributed by atoms with Crippen molar-refractivity contribution in [2.75, 3.05) is 19.6 Å². The maximum absolute atomic E-state index is 13.2. The van der Waals surface area contributed by atoms with Crippen molar-refractivity contribution >= 4 is 0 Å². The predicted molar refractivity (Wildman–Crippen MR) is 77.5 cm³/mol. The van der Waals surface area contributed by atoms with E-state index in [1.807, 2.05) is 13.0 Å². The van der Waals surface area contributed by atoms with Gasteiger partial charge in [0.25, 0.3) is 0 Å². The maximum atomic E-state index is 13.2. The predicted octanol–water partition coefficient (Wildman–Crippen LogP) is 3.26. The second-order valence-electron chi connectivity index (χ2n) is 5.82. The number of halogens is 1. The Morgan fingerprint density at radius 3 is 2.84 bits per heavy atom. The van der Waals surface area contributed by atoms with E-state index in [9.17, 15) is 4.39 Å². The minimum absolute atomic E-state index is 0.165. The molecule has 0 aliphatic carbocycles. The van der Waals surface area contributed by atoms with E-state index < -0.39 is 0 Å². The van der Waals surface area contributed by atoms with Crippen molar-refractivity contribution in [2.24, 2.45) is 11.7 Å². The van der Waals surface area contributed by atoms with Crippen LogP contribution in [-0.4, -0.2) is 24.5 Å². The lowest BCUT2D eigenvalue weighted by molar-refractivity contribution is 0.207. The average Bonchev–Trinajstić information content (AvgIpc) is 2.58. The van der Waals surface area contributed by atoms with Gasteiger partial charge in [-0.3, -0.25) is 4.90 Å². The van der Waals surface area contributed by atoms with Crippen molar-refractivity contribution in [3.63, 3.8) is 0 Å². The van der Waals surface area contributed by atoms with E-state index in [1.54, 1.807) is 12.1 Å². The van der Waals surface area contributed by atoms with Gasteiger partial charge in [-0.25, -0.2) is 4.39 Å². The number of rotatable bonds is 3. The SMILES string of the molecule is Cc1cc(F)ccc1C(CN)N1CCCC(C)CC1. The topological polar surface area (TPSA) is 29.3 Å². The van der Waals surface area contributed by atoms with Crippen LogP contribution < -0.4 is 5.73 Å². The molecule has 106 valence electrons. The van der Waals surface area contributed by atoms with Crippen molar-refractivity contribution in [1.29, 1.82) is 0 Å². The fourth-order valence-electron chi connectivity index (χ4n) is 3.08. The highest BCUT2D eigenvalue weighted by atomic mass is 19.1. The molecule has 1 saturated heterocycles. The lowest BCUT2D eigenvalue weighted by atomic mass is 9.99. The normalized spacial score (nSPS) is 23.1. The lowest BCUT2D eigenvalue weighted by Gasteiger charge is -2.31. The Balaban J connectivity index is 2.18. The van der Waals surface area contributed by atoms with Gasteiger partial charge < -0.3 is 5.73 Å². The van der Waals surface area contributed by atoms with Gasteiger partial charge in [-0.2, -0.15) is 0 Å². The average molecular weight is 264 g/mol. The molecule has 2 rings (SSSR count). The van der Waals surface area contributed by atoms with E-state index in [0.29, 0.717) is 6.54 Å². The monoisotopic (exact) mass is 264 g/mol. The molecule has 1 heterocycles. The van der Waals surface area contributed by atoms with Crippen LogP contribution in [0.1, 0.15) is 43.4 Å². The van der Waals surface area contributed by atoms with Crippen molar-refractivity contribution in [3.05, 3.63) is 35.1 Å². The summed E-state index contributed by atoms with van der Waals surface area (Å²) in [7, 11) is 0. The zero-order chi connectivity index (χ0) is 13.8. The molecule has 0 amide bonds. The maximum Gasteiger partial charge on any atom is 0.123 e. The Labute approximate surface area is 115 Å². The molecule has 2 N–H and O–H groups in total. The molecule has 0 radical (unpaired) electrons. The Bertz CT molecular complexity index is 419. The second-order valence-corrected chi connectivity index (χ2v) is 5.82. The summed E-state index contributed by atoms with van der Waals surface area (Å²) in [5.41, 5.74) is 8.18. The largest absolute Gasteiger partial charge is 0.329 e. The van der Waals surface area contributed by atoms with Crippen LogP contribution >= 0.6 is 0 Å². The van der Waals surface area contributed by atoms with Crippen molar-refractivity contribution in [3.8, 4) is 0 Å². The van der Waals surface area contributed by atoms with Gasteiger partial charge in [0.15, 0.2) is 0 Å². The Morgan fingerprint density at radius 1 is 1.37 bits per heavy atom. The highest BCUT2D eigenvalue weighted by molar-refractivity contribution is 5.30. The van der Waals surface area contributed by atoms with Crippen LogP contribution in [0.25, 0.3) is 0 Å². The number of nitrogens with zero attached hydrogens (tertiary/aromatic N) is 1. The van der Waals surface area contributed by atoms with Gasteiger partial charge in [0.1, 0.15) is 5.82 Å². The minimum Gasteiger partial charge on any atom is -0.329 e. The molecule has 1 aromatic carbocycles. The third kappa shape index (κ3) is 3.54. The van der Waals surface area contributed by atoms with E-state index in [0.717, 1.165) is 24.6 Å². The first-order chi connectivity index (χ1) is 9.11. The van der Waals surface area contributed by atoms with Gasteiger partial charge in [0.05, 0.1) is 0 Å². The summed E-state index contributed by atoms with van der Waals surface area (Å²) in [4.78, 5) is 2.48. The first-order valence-corrected chi connectivity index (χ1v) is 7.32. The Hall–Kier alpha value is -0.930. The van der Waals surface area contributed by atoms with Gasteiger partial charge in [0.2, 0.25) is 0 Å². The van der Waals surface area contributed by atoms with E-state index in [2.05, 4.69) is 11.8 Å². The number of nitrogens with two attached hydrogens (primary N) is 1. The Kier molecular flexibility index (Phi) is 4.94. The number of aryl methyl sites for hydroxylation is 1. The summed E-state index contributed by atoms with van der Waals surface area (Å²) in [5, 5.41) is 0. The summed E-state index contributed by atoms with van der Waals surface area (Å²) in [6.45, 7) is 7.09. The van der Waals surface area contributed by atoms with Crippen LogP contribution in [0.2, 0.25) is 0 Å². The molecule has 0 saturated carbocycles. The summed E-state index contributed by atoms with van der Waals surface area (Å²) >= 11 is 0. The van der Waals surface area contributed by atoms with Crippen molar-refractivity contribution < 1.29 is 4.39 Å². The number of hydrogen-bond donors (Lipinski definition) is 1. The molecule has 1 aromatic rings. The van der Waals surface area contributed by atoms with Crippen LogP contribution in [0, 0.1) is 18.7 Å². The molecule has 0 spiro atoms. The van der Waals surface area contributed by atoms with Crippen LogP contribution in [-0.2, 0) is 0 Å². The van der Waals surface area contributed by atoms with Crippen LogP contribution in [0.5, 0.6) is 0 Å². The standard InChI is InChI=1S/C16H25FN2/c1-12-4-3-8-19(9-7-12)16(11-18)15-6-5-14(17)10-13(15)2/h5-6,10,12,16H,3-4,7-9,11,18H2,1-2H3. The summed E-state index contributed by atoms with van der Waals surface area (Å²) in [5.74, 6) is 0.638. The van der Waals surface area contributed by atoms with Gasteiger partial charge in [-0.05, 0) is 68.5 Å². The van der Waals surface area contributed by atoms with E-state index in [-0.39, 0.29) is 11.9 Å². The molecule has 2 nitrogen and oxygen atoms in total. The first kappa shape index (κ1) is 14.5. The molecule has 1 aliphatic rings.